The van der Waals surface area contributed by atoms with Crippen LogP contribution in [0, 0.1) is 13.8 Å². The summed E-state index contributed by atoms with van der Waals surface area (Å²) >= 11 is 0. The zero-order chi connectivity index (χ0) is 28.7. The van der Waals surface area contributed by atoms with Gasteiger partial charge in [-0.15, -0.1) is 0 Å². The first-order valence-corrected chi connectivity index (χ1v) is 15.4. The zero-order valence-corrected chi connectivity index (χ0v) is 24.9. The van der Waals surface area contributed by atoms with Crippen molar-refractivity contribution >= 4 is 39.0 Å². The van der Waals surface area contributed by atoms with Crippen LogP contribution in [-0.2, 0) is 18.0 Å². The van der Waals surface area contributed by atoms with E-state index in [9.17, 15) is 9.00 Å². The molecule has 1 aliphatic heterocycles. The predicted molar refractivity (Wildman–Crippen MR) is 166 cm³/mol. The number of nitrogens with one attached hydrogen (secondary N) is 2. The summed E-state index contributed by atoms with van der Waals surface area (Å²) in [6.07, 6.45) is 5.89. The lowest BCUT2D eigenvalue weighted by molar-refractivity contribution is 0.631. The van der Waals surface area contributed by atoms with Crippen molar-refractivity contribution in [2.24, 2.45) is 7.05 Å². The summed E-state index contributed by atoms with van der Waals surface area (Å²) in [7, 11) is 0.577. The SMILES string of the molecule is Cc1cc(C(C)Nc2ccccc2S(=O)NC2CC2)c2cc(N3CCN(c4cnc(C)nc4)CC3)n(C)c(=O)c2c1. The highest BCUT2D eigenvalue weighted by Gasteiger charge is 2.26. The average Bonchev–Trinajstić information content (AvgIpc) is 3.79. The number of fused-ring (bicyclic) bond motifs is 1. The molecule has 214 valence electrons. The number of para-hydroxylation sites is 1. The minimum Gasteiger partial charge on any atom is -0.377 e. The average molecular weight is 572 g/mol. The summed E-state index contributed by atoms with van der Waals surface area (Å²) in [6.45, 7) is 9.23. The maximum atomic E-state index is 13.7. The Morgan fingerprint density at radius 3 is 2.34 bits per heavy atom. The number of benzene rings is 2. The maximum Gasteiger partial charge on any atom is 0.259 e. The second-order valence-electron chi connectivity index (χ2n) is 11.2. The van der Waals surface area contributed by atoms with Gasteiger partial charge in [0.1, 0.15) is 22.6 Å². The van der Waals surface area contributed by atoms with E-state index in [0.29, 0.717) is 11.4 Å². The van der Waals surface area contributed by atoms with Crippen LogP contribution in [0.1, 0.15) is 42.8 Å². The molecule has 6 rings (SSSR count). The number of hydrogen-bond acceptors (Lipinski definition) is 7. The molecule has 2 unspecified atom stereocenters. The van der Waals surface area contributed by atoms with Gasteiger partial charge < -0.3 is 15.1 Å². The van der Waals surface area contributed by atoms with E-state index in [0.717, 1.165) is 83.4 Å². The second kappa shape index (κ2) is 11.3. The van der Waals surface area contributed by atoms with Gasteiger partial charge in [0.05, 0.1) is 28.7 Å². The van der Waals surface area contributed by atoms with E-state index >= 15 is 0 Å². The summed E-state index contributed by atoms with van der Waals surface area (Å²) in [6, 6.07) is 14.3. The first kappa shape index (κ1) is 27.4. The fourth-order valence-corrected chi connectivity index (χ4v) is 6.75. The Kier molecular flexibility index (Phi) is 7.52. The number of rotatable bonds is 8. The van der Waals surface area contributed by atoms with Crippen molar-refractivity contribution in [1.29, 1.82) is 0 Å². The van der Waals surface area contributed by atoms with Gasteiger partial charge in [0.15, 0.2) is 0 Å². The van der Waals surface area contributed by atoms with Crippen molar-refractivity contribution in [3.05, 3.63) is 82.2 Å². The Bertz CT molecular complexity index is 1660. The lowest BCUT2D eigenvalue weighted by Crippen LogP contribution is -2.48. The number of piperazine rings is 1. The largest absolute Gasteiger partial charge is 0.377 e. The molecule has 0 radical (unpaired) electrons. The highest BCUT2D eigenvalue weighted by molar-refractivity contribution is 7.83. The van der Waals surface area contributed by atoms with Gasteiger partial charge in [0.2, 0.25) is 0 Å². The fraction of sp³-hybridized carbons (Fsp3) is 0.387. The van der Waals surface area contributed by atoms with Crippen LogP contribution >= 0.6 is 0 Å². The van der Waals surface area contributed by atoms with Crippen molar-refractivity contribution in [2.45, 2.75) is 50.6 Å². The van der Waals surface area contributed by atoms with Gasteiger partial charge in [0.25, 0.3) is 5.56 Å². The molecule has 2 aromatic carbocycles. The Balaban J connectivity index is 1.30. The quantitative estimate of drug-likeness (QED) is 0.327. The van der Waals surface area contributed by atoms with Gasteiger partial charge in [-0.2, -0.15) is 0 Å². The smallest absolute Gasteiger partial charge is 0.259 e. The van der Waals surface area contributed by atoms with Gasteiger partial charge in [-0.1, -0.05) is 18.2 Å². The molecule has 0 amide bonds. The molecule has 2 aromatic heterocycles. The molecule has 10 heteroatoms. The molecule has 9 nitrogen and oxygen atoms in total. The van der Waals surface area contributed by atoms with Crippen molar-refractivity contribution in [2.75, 3.05) is 41.3 Å². The highest BCUT2D eigenvalue weighted by Crippen LogP contribution is 2.32. The van der Waals surface area contributed by atoms with Crippen molar-refractivity contribution in [3.8, 4) is 0 Å². The standard InChI is InChI=1S/C31H37N7O2S/c1-20-15-25(21(2)34-28-7-5-6-8-29(28)41(40)35-23-9-10-23)26-17-30(36(4)31(39)27(26)16-20)38-13-11-37(12-14-38)24-18-32-22(3)33-19-24/h5-8,15-19,21,23,34-35H,9-14H2,1-4H3. The Labute approximate surface area is 243 Å². The summed E-state index contributed by atoms with van der Waals surface area (Å²) in [5.41, 5.74) is 3.94. The lowest BCUT2D eigenvalue weighted by Gasteiger charge is -2.37. The Morgan fingerprint density at radius 1 is 0.951 bits per heavy atom. The summed E-state index contributed by atoms with van der Waals surface area (Å²) in [5, 5.41) is 5.26. The minimum absolute atomic E-state index is 0.000786. The van der Waals surface area contributed by atoms with E-state index in [1.165, 1.54) is 0 Å². The fourth-order valence-electron chi connectivity index (χ4n) is 5.55. The molecule has 2 atom stereocenters. The number of anilines is 3. The van der Waals surface area contributed by atoms with E-state index in [1.807, 2.05) is 63.6 Å². The number of hydrogen-bond donors (Lipinski definition) is 2. The topological polar surface area (TPSA) is 95.4 Å². The molecule has 0 spiro atoms. The van der Waals surface area contributed by atoms with Crippen LogP contribution in [0.2, 0.25) is 0 Å². The van der Waals surface area contributed by atoms with Crippen LogP contribution in [-0.4, -0.2) is 51.0 Å². The van der Waals surface area contributed by atoms with Crippen LogP contribution in [0.25, 0.3) is 10.8 Å². The second-order valence-corrected chi connectivity index (χ2v) is 12.4. The van der Waals surface area contributed by atoms with Gasteiger partial charge in [-0.05, 0) is 74.4 Å². The van der Waals surface area contributed by atoms with Crippen molar-refractivity contribution in [1.82, 2.24) is 19.3 Å². The first-order valence-electron chi connectivity index (χ1n) is 14.2. The summed E-state index contributed by atoms with van der Waals surface area (Å²) in [4.78, 5) is 27.7. The van der Waals surface area contributed by atoms with Crippen LogP contribution in [0.4, 0.5) is 17.2 Å². The third kappa shape index (κ3) is 5.71. The molecule has 0 bridgehead atoms. The van der Waals surface area contributed by atoms with Gasteiger partial charge in [-0.25, -0.2) is 18.9 Å². The number of pyridine rings is 1. The van der Waals surface area contributed by atoms with Crippen molar-refractivity contribution < 1.29 is 4.21 Å². The molecular formula is C31H37N7O2S. The van der Waals surface area contributed by atoms with Gasteiger partial charge >= 0.3 is 0 Å². The predicted octanol–water partition coefficient (Wildman–Crippen LogP) is 4.22. The van der Waals surface area contributed by atoms with Crippen molar-refractivity contribution in [3.63, 3.8) is 0 Å². The Hall–Kier alpha value is -3.76. The minimum atomic E-state index is -1.28. The summed E-state index contributed by atoms with van der Waals surface area (Å²) in [5.74, 6) is 1.68. The summed E-state index contributed by atoms with van der Waals surface area (Å²) < 4.78 is 18.0. The molecule has 2 aliphatic rings. The number of nitrogens with zero attached hydrogens (tertiary/aromatic N) is 5. The highest BCUT2D eigenvalue weighted by atomic mass is 32.2. The van der Waals surface area contributed by atoms with Crippen LogP contribution in [0.5, 0.6) is 0 Å². The monoisotopic (exact) mass is 571 g/mol. The molecular weight excluding hydrogens is 534 g/mol. The Morgan fingerprint density at radius 2 is 1.63 bits per heavy atom. The zero-order valence-electron chi connectivity index (χ0n) is 24.1. The molecule has 3 heterocycles. The molecule has 2 N–H and O–H groups in total. The van der Waals surface area contributed by atoms with E-state index in [2.05, 4.69) is 48.9 Å². The van der Waals surface area contributed by atoms with E-state index in [4.69, 9.17) is 0 Å². The third-order valence-corrected chi connectivity index (χ3v) is 9.32. The molecule has 1 saturated carbocycles. The van der Waals surface area contributed by atoms with Crippen LogP contribution < -0.4 is 25.4 Å². The number of aromatic nitrogens is 3. The van der Waals surface area contributed by atoms with Gasteiger partial charge in [-0.3, -0.25) is 9.36 Å². The van der Waals surface area contributed by atoms with Crippen LogP contribution in [0.3, 0.4) is 0 Å². The lowest BCUT2D eigenvalue weighted by atomic mass is 9.97. The molecule has 1 aliphatic carbocycles. The van der Waals surface area contributed by atoms with E-state index < -0.39 is 11.0 Å². The van der Waals surface area contributed by atoms with Crippen LogP contribution in [0.15, 0.2) is 64.5 Å². The van der Waals surface area contributed by atoms with E-state index in [1.54, 1.807) is 4.57 Å². The molecule has 41 heavy (non-hydrogen) atoms. The molecule has 2 fully saturated rings. The maximum absolute atomic E-state index is 13.7. The van der Waals surface area contributed by atoms with Gasteiger partial charge in [0, 0.05) is 50.7 Å². The third-order valence-electron chi connectivity index (χ3n) is 8.02. The normalized spacial score (nSPS) is 17.1. The molecule has 4 aromatic rings. The molecule has 1 saturated heterocycles. The first-order chi connectivity index (χ1) is 19.8. The van der Waals surface area contributed by atoms with E-state index in [-0.39, 0.29) is 11.6 Å². The number of aryl methyl sites for hydroxylation is 2.